The number of nitrogens with two attached hydrogens (primary N) is 1. The number of piperazine rings is 1. The molecule has 8 nitrogen and oxygen atoms in total. The van der Waals surface area contributed by atoms with Gasteiger partial charge in [0.2, 0.25) is 11.8 Å². The van der Waals surface area contributed by atoms with Crippen LogP contribution in [0.1, 0.15) is 0 Å². The van der Waals surface area contributed by atoms with Crippen molar-refractivity contribution >= 4 is 23.4 Å². The molecule has 1 aromatic carbocycles. The molecule has 0 aliphatic carbocycles. The Morgan fingerprint density at radius 1 is 1.33 bits per heavy atom. The summed E-state index contributed by atoms with van der Waals surface area (Å²) < 4.78 is 5.11. The summed E-state index contributed by atoms with van der Waals surface area (Å²) in [5, 5.41) is 8.16. The summed E-state index contributed by atoms with van der Waals surface area (Å²) in [6, 6.07) is 6.07. The highest BCUT2D eigenvalue weighted by Crippen LogP contribution is 2.15. The molecule has 3 amide bonds. The molecule has 1 fully saturated rings. The molecule has 1 aliphatic heterocycles. The van der Waals surface area contributed by atoms with Crippen LogP contribution in [0.25, 0.3) is 0 Å². The van der Waals surface area contributed by atoms with Gasteiger partial charge in [-0.25, -0.2) is 0 Å². The number of primary amides is 1. The van der Waals surface area contributed by atoms with Crippen molar-refractivity contribution in [1.29, 1.82) is 0 Å². The van der Waals surface area contributed by atoms with Crippen LogP contribution in [0.4, 0.5) is 5.69 Å². The summed E-state index contributed by atoms with van der Waals surface area (Å²) >= 11 is 0. The third kappa shape index (κ3) is 4.46. The Balaban J connectivity index is 1.86. The predicted molar refractivity (Wildman–Crippen MR) is 74.6 cm³/mol. The van der Waals surface area contributed by atoms with E-state index in [4.69, 9.17) is 10.5 Å². The van der Waals surface area contributed by atoms with Crippen LogP contribution < -0.4 is 26.4 Å². The summed E-state index contributed by atoms with van der Waals surface area (Å²) in [6.45, 7) is 0.180. The van der Waals surface area contributed by atoms with E-state index in [1.165, 1.54) is 0 Å². The molecule has 0 saturated carbocycles. The fourth-order valence-electron chi connectivity index (χ4n) is 1.77. The molecule has 8 heteroatoms. The summed E-state index contributed by atoms with van der Waals surface area (Å²) in [5.74, 6) is -0.441. The Hall–Kier alpha value is -2.61. The van der Waals surface area contributed by atoms with Gasteiger partial charge in [0.05, 0.1) is 6.54 Å². The van der Waals surface area contributed by atoms with Gasteiger partial charge in [-0.15, -0.1) is 0 Å². The first-order valence-corrected chi connectivity index (χ1v) is 6.37. The van der Waals surface area contributed by atoms with Gasteiger partial charge < -0.3 is 21.1 Å². The van der Waals surface area contributed by atoms with Crippen molar-refractivity contribution < 1.29 is 19.1 Å². The fraction of sp³-hybridized carbons (Fsp3) is 0.308. The number of hydrogen-bond donors (Lipinski definition) is 4. The van der Waals surface area contributed by atoms with Crippen molar-refractivity contribution in [1.82, 2.24) is 10.6 Å². The normalized spacial score (nSPS) is 17.7. The second kappa shape index (κ2) is 6.71. The van der Waals surface area contributed by atoms with Gasteiger partial charge in [0.15, 0.2) is 6.61 Å². The van der Waals surface area contributed by atoms with Gasteiger partial charge in [-0.2, -0.15) is 0 Å². The molecule has 2 rings (SSSR count). The number of nitrogens with one attached hydrogen (secondary N) is 3. The monoisotopic (exact) mass is 292 g/mol. The fourth-order valence-corrected chi connectivity index (χ4v) is 1.77. The SMILES string of the molecule is NC(=O)COc1ccc(NC(=O)C2CNC(=O)CN2)cc1. The van der Waals surface area contributed by atoms with Crippen molar-refractivity contribution in [3.8, 4) is 5.75 Å². The molecule has 0 aromatic heterocycles. The lowest BCUT2D eigenvalue weighted by molar-refractivity contribution is -0.124. The zero-order chi connectivity index (χ0) is 15.2. The van der Waals surface area contributed by atoms with E-state index in [0.29, 0.717) is 11.4 Å². The standard InChI is InChI=1S/C13H16N4O4/c14-11(18)7-21-9-3-1-8(2-4-9)17-13(20)10-5-16-12(19)6-15-10/h1-4,10,15H,5-7H2,(H2,14,18)(H,16,19)(H,17,20). The Labute approximate surface area is 121 Å². The third-order valence-corrected chi connectivity index (χ3v) is 2.83. The molecular formula is C13H16N4O4. The maximum Gasteiger partial charge on any atom is 0.255 e. The van der Waals surface area contributed by atoms with Crippen LogP contribution in [0, 0.1) is 0 Å². The molecule has 0 spiro atoms. The highest BCUT2D eigenvalue weighted by Gasteiger charge is 2.23. The number of carbonyl (C=O) groups is 3. The predicted octanol–water partition coefficient (Wildman–Crippen LogP) is -1.42. The van der Waals surface area contributed by atoms with E-state index in [9.17, 15) is 14.4 Å². The maximum absolute atomic E-state index is 12.0. The first kappa shape index (κ1) is 14.8. The van der Waals surface area contributed by atoms with E-state index >= 15 is 0 Å². The van der Waals surface area contributed by atoms with Crippen molar-refractivity contribution in [2.24, 2.45) is 5.73 Å². The van der Waals surface area contributed by atoms with E-state index in [0.717, 1.165) is 0 Å². The van der Waals surface area contributed by atoms with Crippen molar-refractivity contribution in [2.75, 3.05) is 25.0 Å². The summed E-state index contributed by atoms with van der Waals surface area (Å²) in [4.78, 5) is 33.5. The first-order valence-electron chi connectivity index (χ1n) is 6.37. The minimum Gasteiger partial charge on any atom is -0.484 e. The highest BCUT2D eigenvalue weighted by atomic mass is 16.5. The Morgan fingerprint density at radius 2 is 2.05 bits per heavy atom. The van der Waals surface area contributed by atoms with Crippen LogP contribution in [0.5, 0.6) is 5.75 Å². The molecule has 1 atom stereocenters. The topological polar surface area (TPSA) is 123 Å². The van der Waals surface area contributed by atoms with Gasteiger partial charge in [0, 0.05) is 12.2 Å². The van der Waals surface area contributed by atoms with Crippen LogP contribution in [-0.4, -0.2) is 43.5 Å². The van der Waals surface area contributed by atoms with E-state index in [1.54, 1.807) is 24.3 Å². The van der Waals surface area contributed by atoms with Crippen LogP contribution in [0.3, 0.4) is 0 Å². The molecule has 21 heavy (non-hydrogen) atoms. The Morgan fingerprint density at radius 3 is 2.62 bits per heavy atom. The van der Waals surface area contributed by atoms with Crippen LogP contribution in [-0.2, 0) is 14.4 Å². The summed E-state index contributed by atoms with van der Waals surface area (Å²) in [7, 11) is 0. The number of carbonyl (C=O) groups excluding carboxylic acids is 3. The molecule has 0 bridgehead atoms. The molecule has 1 unspecified atom stereocenters. The largest absolute Gasteiger partial charge is 0.484 e. The van der Waals surface area contributed by atoms with E-state index in [1.807, 2.05) is 0 Å². The van der Waals surface area contributed by atoms with E-state index in [2.05, 4.69) is 16.0 Å². The lowest BCUT2D eigenvalue weighted by Gasteiger charge is -2.23. The third-order valence-electron chi connectivity index (χ3n) is 2.83. The number of amides is 3. The maximum atomic E-state index is 12.0. The van der Waals surface area contributed by atoms with Crippen molar-refractivity contribution in [2.45, 2.75) is 6.04 Å². The molecule has 1 heterocycles. The Bertz CT molecular complexity index is 534. The minimum atomic E-state index is -0.558. The zero-order valence-corrected chi connectivity index (χ0v) is 11.2. The van der Waals surface area contributed by atoms with Gasteiger partial charge in [-0.05, 0) is 24.3 Å². The number of benzene rings is 1. The molecule has 5 N–H and O–H groups in total. The number of anilines is 1. The highest BCUT2D eigenvalue weighted by molar-refractivity contribution is 5.96. The molecular weight excluding hydrogens is 276 g/mol. The van der Waals surface area contributed by atoms with Gasteiger partial charge in [0.25, 0.3) is 5.91 Å². The molecule has 1 saturated heterocycles. The van der Waals surface area contributed by atoms with Crippen LogP contribution in [0.15, 0.2) is 24.3 Å². The van der Waals surface area contributed by atoms with Gasteiger partial charge >= 0.3 is 0 Å². The molecule has 112 valence electrons. The number of hydrogen-bond acceptors (Lipinski definition) is 5. The second-order valence-corrected chi connectivity index (χ2v) is 4.51. The average molecular weight is 292 g/mol. The van der Waals surface area contributed by atoms with Crippen molar-refractivity contribution in [3.63, 3.8) is 0 Å². The van der Waals surface area contributed by atoms with Gasteiger partial charge in [-0.3, -0.25) is 19.7 Å². The first-order chi connectivity index (χ1) is 10.0. The second-order valence-electron chi connectivity index (χ2n) is 4.51. The van der Waals surface area contributed by atoms with Crippen LogP contribution in [0.2, 0.25) is 0 Å². The molecule has 0 radical (unpaired) electrons. The van der Waals surface area contributed by atoms with E-state index in [-0.39, 0.29) is 31.5 Å². The van der Waals surface area contributed by atoms with Gasteiger partial charge in [-0.1, -0.05) is 0 Å². The van der Waals surface area contributed by atoms with Crippen molar-refractivity contribution in [3.05, 3.63) is 24.3 Å². The zero-order valence-electron chi connectivity index (χ0n) is 11.2. The van der Waals surface area contributed by atoms with Gasteiger partial charge in [0.1, 0.15) is 11.8 Å². The Kier molecular flexibility index (Phi) is 4.72. The lowest BCUT2D eigenvalue weighted by atomic mass is 10.2. The minimum absolute atomic E-state index is 0.123. The number of ether oxygens (including phenoxy) is 1. The van der Waals surface area contributed by atoms with E-state index < -0.39 is 11.9 Å². The molecule has 1 aromatic rings. The van der Waals surface area contributed by atoms with Crippen LogP contribution >= 0.6 is 0 Å². The molecule has 1 aliphatic rings. The summed E-state index contributed by atoms with van der Waals surface area (Å²) in [6.07, 6.45) is 0. The quantitative estimate of drug-likeness (QED) is 0.530. The smallest absolute Gasteiger partial charge is 0.255 e. The number of rotatable bonds is 5. The lowest BCUT2D eigenvalue weighted by Crippen LogP contribution is -2.56. The average Bonchev–Trinajstić information content (AvgIpc) is 2.47. The summed E-state index contributed by atoms with van der Waals surface area (Å²) in [5.41, 5.74) is 5.56.